The van der Waals surface area contributed by atoms with Gasteiger partial charge in [0.2, 0.25) is 11.8 Å². The molecule has 6 heterocycles. The first-order chi connectivity index (χ1) is 27.7. The molecule has 8 rings (SSSR count). The quantitative estimate of drug-likeness (QED) is 0.222. The second kappa shape index (κ2) is 16.0. The van der Waals surface area contributed by atoms with Crippen LogP contribution in [0.4, 0.5) is 0 Å². The molecule has 4 aromatic rings. The van der Waals surface area contributed by atoms with Crippen molar-refractivity contribution in [2.24, 2.45) is 5.73 Å². The number of fused-ring (bicyclic) bond motifs is 2. The van der Waals surface area contributed by atoms with Crippen LogP contribution in [-0.4, -0.2) is 123 Å². The summed E-state index contributed by atoms with van der Waals surface area (Å²) in [5.41, 5.74) is 6.76. The van der Waals surface area contributed by atoms with Crippen LogP contribution in [0.3, 0.4) is 0 Å². The van der Waals surface area contributed by atoms with Crippen LogP contribution in [0.5, 0.6) is 11.5 Å². The van der Waals surface area contributed by atoms with Gasteiger partial charge in [0.25, 0.3) is 11.8 Å². The van der Waals surface area contributed by atoms with E-state index >= 15 is 14.4 Å². The van der Waals surface area contributed by atoms with Crippen molar-refractivity contribution in [3.63, 3.8) is 0 Å². The van der Waals surface area contributed by atoms with Gasteiger partial charge in [0.05, 0.1) is 12.2 Å². The molecule has 4 saturated heterocycles. The molecule has 2 aromatic carbocycles. The Hall–Kier alpha value is -6.32. The first-order valence-electron chi connectivity index (χ1n) is 18.8. The molecule has 6 unspecified atom stereocenters. The fourth-order valence-corrected chi connectivity index (χ4v) is 8.32. The molecule has 0 bridgehead atoms. The molecule has 0 radical (unpaired) electrons. The fraction of sp³-hybridized carbons (Fsp3) is 0.333. The summed E-state index contributed by atoms with van der Waals surface area (Å²) in [4.78, 5) is 96.7. The van der Waals surface area contributed by atoms with Crippen molar-refractivity contribution in [3.8, 4) is 11.5 Å². The molecule has 0 spiro atoms. The number of nitrogens with two attached hydrogens (primary N) is 1. The van der Waals surface area contributed by atoms with Gasteiger partial charge in [0.1, 0.15) is 54.6 Å². The van der Waals surface area contributed by atoms with Gasteiger partial charge in [-0.25, -0.2) is 0 Å². The summed E-state index contributed by atoms with van der Waals surface area (Å²) in [5, 5.41) is 0. The van der Waals surface area contributed by atoms with Gasteiger partial charge in [0, 0.05) is 50.1 Å². The van der Waals surface area contributed by atoms with E-state index in [-0.39, 0.29) is 62.0 Å². The second-order valence-corrected chi connectivity index (χ2v) is 14.5. The SMILES string of the molecule is NC(=O)c1cc(CC(C(=O)N2CCC3OCC(=O)C32)N(C(=O)c2ccc(Oc3ccccc3)cc2)C(Cc2ccncc2)C(=O)N2CCC3OCC(=O)C32)ccn1. The molecule has 6 atom stereocenters. The van der Waals surface area contributed by atoms with E-state index in [0.29, 0.717) is 35.5 Å². The standard InChI is InChI=1S/C42H40N6O9/c43-39(51)30-20-26(12-17-45-30)22-32(42(54)47-19-14-36-38(47)34(50)24-56-36)48(40(52)27-6-8-29(9-7-27)57-28-4-2-1-3-5-28)31(21-25-10-15-44-16-11-25)41(53)46-18-13-35-37(46)33(49)23-55-35/h1-12,15-17,20,31-32,35-38H,13-14,18-19,21-24H2,(H2,43,51). The lowest BCUT2D eigenvalue weighted by atomic mass is 9.95. The maximum atomic E-state index is 15.3. The summed E-state index contributed by atoms with van der Waals surface area (Å²) in [7, 11) is 0. The van der Waals surface area contributed by atoms with Gasteiger partial charge in [-0.2, -0.15) is 0 Å². The number of carbonyl (C=O) groups is 6. The van der Waals surface area contributed by atoms with Gasteiger partial charge >= 0.3 is 0 Å². The Bertz CT molecular complexity index is 2190. The van der Waals surface area contributed by atoms with E-state index in [1.54, 1.807) is 67.0 Å². The Kier molecular flexibility index (Phi) is 10.6. The van der Waals surface area contributed by atoms with E-state index < -0.39 is 60.0 Å². The Morgan fingerprint density at radius 1 is 0.737 bits per heavy atom. The van der Waals surface area contributed by atoms with E-state index in [0.717, 1.165) is 0 Å². The summed E-state index contributed by atoms with van der Waals surface area (Å²) in [6, 6.07) is 17.5. The number of likely N-dealkylation sites (tertiary alicyclic amines) is 2. The number of Topliss-reactive ketones (excluding diaryl/α,β-unsaturated/α-hetero) is 2. The average Bonchev–Trinajstić information content (AvgIpc) is 4.02. The van der Waals surface area contributed by atoms with Crippen LogP contribution >= 0.6 is 0 Å². The van der Waals surface area contributed by atoms with E-state index in [4.69, 9.17) is 19.9 Å². The largest absolute Gasteiger partial charge is 0.457 e. The zero-order chi connectivity index (χ0) is 39.6. The molecule has 0 aliphatic carbocycles. The monoisotopic (exact) mass is 772 g/mol. The van der Waals surface area contributed by atoms with Crippen LogP contribution < -0.4 is 10.5 Å². The number of hydrogen-bond donors (Lipinski definition) is 1. The molecule has 2 aromatic heterocycles. The zero-order valence-corrected chi connectivity index (χ0v) is 30.8. The highest BCUT2D eigenvalue weighted by Gasteiger charge is 2.53. The predicted molar refractivity (Wildman–Crippen MR) is 201 cm³/mol. The number of aromatic nitrogens is 2. The highest BCUT2D eigenvalue weighted by atomic mass is 16.5. The molecule has 15 heteroatoms. The van der Waals surface area contributed by atoms with E-state index in [1.807, 2.05) is 18.2 Å². The highest BCUT2D eigenvalue weighted by Crippen LogP contribution is 2.33. The van der Waals surface area contributed by atoms with Gasteiger partial charge in [-0.1, -0.05) is 18.2 Å². The number of amides is 4. The fourth-order valence-electron chi connectivity index (χ4n) is 8.32. The predicted octanol–water partition coefficient (Wildman–Crippen LogP) is 2.17. The number of primary amides is 1. The van der Waals surface area contributed by atoms with Crippen molar-refractivity contribution < 1.29 is 43.0 Å². The van der Waals surface area contributed by atoms with Crippen LogP contribution in [0.2, 0.25) is 0 Å². The highest BCUT2D eigenvalue weighted by molar-refractivity contribution is 6.03. The van der Waals surface area contributed by atoms with Crippen molar-refractivity contribution in [1.29, 1.82) is 0 Å². The van der Waals surface area contributed by atoms with Gasteiger partial charge in [-0.3, -0.25) is 38.7 Å². The number of carbonyl (C=O) groups excluding carboxylic acids is 6. The van der Waals surface area contributed by atoms with Crippen LogP contribution in [0.1, 0.15) is 44.8 Å². The van der Waals surface area contributed by atoms with Gasteiger partial charge in [-0.15, -0.1) is 0 Å². The Labute approximate surface area is 327 Å². The van der Waals surface area contributed by atoms with Gasteiger partial charge in [0.15, 0.2) is 11.6 Å². The summed E-state index contributed by atoms with van der Waals surface area (Å²) in [6.45, 7) is 0.102. The number of ketones is 2. The molecule has 0 saturated carbocycles. The maximum Gasteiger partial charge on any atom is 0.267 e. The molecular weight excluding hydrogens is 732 g/mol. The summed E-state index contributed by atoms with van der Waals surface area (Å²) in [5.74, 6) is -2.05. The van der Waals surface area contributed by atoms with Crippen LogP contribution in [0, 0.1) is 0 Å². The lowest BCUT2D eigenvalue weighted by Crippen LogP contribution is -2.62. The number of benzene rings is 2. The summed E-state index contributed by atoms with van der Waals surface area (Å²) < 4.78 is 17.4. The number of para-hydroxylation sites is 1. The third kappa shape index (κ3) is 7.63. The Balaban J connectivity index is 1.26. The Morgan fingerprint density at radius 3 is 1.86 bits per heavy atom. The van der Waals surface area contributed by atoms with E-state index in [2.05, 4.69) is 9.97 Å². The minimum atomic E-state index is -1.40. The number of hydrogen-bond acceptors (Lipinski definition) is 11. The van der Waals surface area contributed by atoms with Gasteiger partial charge < -0.3 is 34.6 Å². The number of nitrogens with zero attached hydrogens (tertiary/aromatic N) is 5. The van der Waals surface area contributed by atoms with Crippen molar-refractivity contribution in [1.82, 2.24) is 24.7 Å². The average molecular weight is 773 g/mol. The number of rotatable bonds is 12. The maximum absolute atomic E-state index is 15.3. The third-order valence-corrected chi connectivity index (χ3v) is 11.0. The molecule has 4 aliphatic rings. The van der Waals surface area contributed by atoms with Crippen molar-refractivity contribution in [2.45, 2.75) is 62.1 Å². The molecule has 2 N–H and O–H groups in total. The molecule has 4 aliphatic heterocycles. The van der Waals surface area contributed by atoms with Crippen molar-refractivity contribution in [3.05, 3.63) is 120 Å². The molecular formula is C42H40N6O9. The molecule has 4 fully saturated rings. The lowest BCUT2D eigenvalue weighted by Gasteiger charge is -2.41. The number of ether oxygens (including phenoxy) is 3. The van der Waals surface area contributed by atoms with Crippen LogP contribution in [0.15, 0.2) is 97.5 Å². The van der Waals surface area contributed by atoms with E-state index in [9.17, 15) is 14.4 Å². The first kappa shape index (κ1) is 37.6. The summed E-state index contributed by atoms with van der Waals surface area (Å²) in [6.07, 6.45) is 4.12. The summed E-state index contributed by atoms with van der Waals surface area (Å²) >= 11 is 0. The smallest absolute Gasteiger partial charge is 0.267 e. The molecule has 4 amide bonds. The second-order valence-electron chi connectivity index (χ2n) is 14.5. The van der Waals surface area contributed by atoms with Crippen molar-refractivity contribution >= 4 is 35.2 Å². The van der Waals surface area contributed by atoms with Crippen LogP contribution in [-0.2, 0) is 41.5 Å². The molecule has 57 heavy (non-hydrogen) atoms. The molecule has 15 nitrogen and oxygen atoms in total. The topological polar surface area (TPSA) is 192 Å². The first-order valence-corrected chi connectivity index (χ1v) is 18.8. The molecule has 292 valence electrons. The number of pyridine rings is 2. The minimum Gasteiger partial charge on any atom is -0.457 e. The third-order valence-electron chi connectivity index (χ3n) is 11.0. The van der Waals surface area contributed by atoms with Crippen LogP contribution in [0.25, 0.3) is 0 Å². The normalized spacial score (nSPS) is 22.2. The lowest BCUT2D eigenvalue weighted by molar-refractivity contribution is -0.146. The Morgan fingerprint density at radius 2 is 1.28 bits per heavy atom. The minimum absolute atomic E-state index is 0.0496. The van der Waals surface area contributed by atoms with E-state index in [1.165, 1.54) is 27.0 Å². The van der Waals surface area contributed by atoms with Gasteiger partial charge in [-0.05, 0) is 84.6 Å². The zero-order valence-electron chi connectivity index (χ0n) is 30.8. The van der Waals surface area contributed by atoms with Crippen molar-refractivity contribution in [2.75, 3.05) is 26.3 Å².